The maximum Gasteiger partial charge on any atom is 0.308 e. The van der Waals surface area contributed by atoms with Crippen molar-refractivity contribution in [2.45, 2.75) is 32.2 Å². The average Bonchev–Trinajstić information content (AvgIpc) is 2.87. The minimum atomic E-state index is -0.510. The second-order valence-electron chi connectivity index (χ2n) is 4.65. The molecule has 0 N–H and O–H groups in total. The summed E-state index contributed by atoms with van der Waals surface area (Å²) in [6.07, 6.45) is -0.510. The maximum atomic E-state index is 11.0. The van der Waals surface area contributed by atoms with Crippen LogP contribution < -0.4 is 4.74 Å². The Kier molecular flexibility index (Phi) is 6.23. The molecule has 1 saturated heterocycles. The molecule has 22 heavy (non-hydrogen) atoms. The third-order valence-corrected chi connectivity index (χ3v) is 3.84. The summed E-state index contributed by atoms with van der Waals surface area (Å²) in [7, 11) is 0. The molecule has 0 aliphatic carbocycles. The molecule has 0 amide bonds. The van der Waals surface area contributed by atoms with E-state index < -0.39 is 6.29 Å². The minimum absolute atomic E-state index is 0.176. The summed E-state index contributed by atoms with van der Waals surface area (Å²) in [6.45, 7) is 3.37. The van der Waals surface area contributed by atoms with Gasteiger partial charge in [-0.3, -0.25) is 9.59 Å². The molecule has 0 radical (unpaired) electrons. The van der Waals surface area contributed by atoms with Gasteiger partial charge in [0, 0.05) is 19.4 Å². The highest BCUT2D eigenvalue weighted by molar-refractivity contribution is 8.00. The molecule has 0 spiro atoms. The van der Waals surface area contributed by atoms with Crippen LogP contribution in [0.1, 0.15) is 19.4 Å². The van der Waals surface area contributed by atoms with Crippen molar-refractivity contribution in [3.8, 4) is 5.75 Å². The Bertz CT molecular complexity index is 533. The number of ether oxygens (including phenoxy) is 4. The Morgan fingerprint density at radius 2 is 2.05 bits per heavy atom. The third-order valence-electron chi connectivity index (χ3n) is 2.76. The SMILES string of the molecule is CC(=O)Oc1ccccc1COCC1OC(OC(C)=O)CS1. The number of hydrogen-bond donors (Lipinski definition) is 0. The van der Waals surface area contributed by atoms with Crippen LogP contribution in [0.4, 0.5) is 0 Å². The van der Waals surface area contributed by atoms with Crippen molar-refractivity contribution in [3.63, 3.8) is 0 Å². The Balaban J connectivity index is 1.77. The summed E-state index contributed by atoms with van der Waals surface area (Å²) in [5, 5.41) is 0. The van der Waals surface area contributed by atoms with Crippen LogP contribution >= 0.6 is 11.8 Å². The Morgan fingerprint density at radius 3 is 2.77 bits per heavy atom. The van der Waals surface area contributed by atoms with Crippen molar-refractivity contribution >= 4 is 23.7 Å². The molecular weight excluding hydrogens is 308 g/mol. The summed E-state index contributed by atoms with van der Waals surface area (Å²) in [5.41, 5.74) is 0.613. The van der Waals surface area contributed by atoms with E-state index in [0.29, 0.717) is 24.7 Å². The van der Waals surface area contributed by atoms with E-state index in [1.54, 1.807) is 12.1 Å². The van der Waals surface area contributed by atoms with E-state index in [0.717, 1.165) is 5.56 Å². The Labute approximate surface area is 133 Å². The van der Waals surface area contributed by atoms with Gasteiger partial charge in [-0.2, -0.15) is 0 Å². The second kappa shape index (κ2) is 8.17. The van der Waals surface area contributed by atoms with Crippen molar-refractivity contribution in [2.75, 3.05) is 12.4 Å². The molecule has 2 rings (SSSR count). The first-order valence-corrected chi connectivity index (χ1v) is 7.88. The number of carbonyl (C=O) groups is 2. The molecule has 2 atom stereocenters. The standard InChI is InChI=1S/C15H18O6S/c1-10(16)19-13-6-4-3-5-12(13)7-18-8-15-21-14(9-22-15)20-11(2)17/h3-6,14-15H,7-9H2,1-2H3. The Hall–Kier alpha value is -1.57. The number of para-hydroxylation sites is 1. The number of esters is 2. The van der Waals surface area contributed by atoms with Crippen LogP contribution in [0.15, 0.2) is 24.3 Å². The largest absolute Gasteiger partial charge is 0.435 e. The molecule has 0 aromatic heterocycles. The van der Waals surface area contributed by atoms with Gasteiger partial charge >= 0.3 is 11.9 Å². The Morgan fingerprint density at radius 1 is 1.27 bits per heavy atom. The molecular formula is C15H18O6S. The molecule has 0 saturated carbocycles. The average molecular weight is 326 g/mol. The molecule has 1 aliphatic heterocycles. The molecule has 120 valence electrons. The lowest BCUT2D eigenvalue weighted by molar-refractivity contribution is -0.173. The van der Waals surface area contributed by atoms with Gasteiger partial charge in [-0.1, -0.05) is 18.2 Å². The van der Waals surface area contributed by atoms with Crippen LogP contribution in [0.2, 0.25) is 0 Å². The lowest BCUT2D eigenvalue weighted by Gasteiger charge is -2.13. The van der Waals surface area contributed by atoms with Crippen LogP contribution in [0.5, 0.6) is 5.75 Å². The second-order valence-corrected chi connectivity index (χ2v) is 5.85. The molecule has 1 aromatic carbocycles. The number of carbonyl (C=O) groups excluding carboxylic acids is 2. The first-order valence-electron chi connectivity index (χ1n) is 6.83. The van der Waals surface area contributed by atoms with Gasteiger partial charge < -0.3 is 18.9 Å². The van der Waals surface area contributed by atoms with Crippen molar-refractivity contribution in [1.82, 2.24) is 0 Å². The lowest BCUT2D eigenvalue weighted by atomic mass is 10.2. The van der Waals surface area contributed by atoms with Gasteiger partial charge in [0.15, 0.2) is 0 Å². The van der Waals surface area contributed by atoms with E-state index in [9.17, 15) is 9.59 Å². The van der Waals surface area contributed by atoms with Crippen molar-refractivity contribution in [1.29, 1.82) is 0 Å². The van der Waals surface area contributed by atoms with Crippen molar-refractivity contribution < 1.29 is 28.5 Å². The van der Waals surface area contributed by atoms with E-state index in [2.05, 4.69) is 0 Å². The summed E-state index contributed by atoms with van der Waals surface area (Å²) < 4.78 is 21.2. The lowest BCUT2D eigenvalue weighted by Crippen LogP contribution is -2.21. The van der Waals surface area contributed by atoms with Gasteiger partial charge in [-0.15, -0.1) is 11.8 Å². The maximum absolute atomic E-state index is 11.0. The molecule has 1 heterocycles. The summed E-state index contributed by atoms with van der Waals surface area (Å²) >= 11 is 1.53. The molecule has 6 nitrogen and oxygen atoms in total. The van der Waals surface area contributed by atoms with Gasteiger partial charge in [-0.25, -0.2) is 0 Å². The number of benzene rings is 1. The van der Waals surface area contributed by atoms with Gasteiger partial charge in [0.2, 0.25) is 6.29 Å². The zero-order valence-corrected chi connectivity index (χ0v) is 13.3. The summed E-state index contributed by atoms with van der Waals surface area (Å²) in [4.78, 5) is 21.9. The topological polar surface area (TPSA) is 71.1 Å². The van der Waals surface area contributed by atoms with Crippen LogP contribution in [-0.2, 0) is 30.4 Å². The first-order chi connectivity index (χ1) is 10.5. The van der Waals surface area contributed by atoms with E-state index in [-0.39, 0.29) is 17.4 Å². The normalized spacial score (nSPS) is 20.6. The zero-order valence-electron chi connectivity index (χ0n) is 12.4. The quantitative estimate of drug-likeness (QED) is 0.585. The highest BCUT2D eigenvalue weighted by Crippen LogP contribution is 2.27. The number of thioether (sulfide) groups is 1. The molecule has 2 unspecified atom stereocenters. The fourth-order valence-electron chi connectivity index (χ4n) is 1.91. The molecule has 0 bridgehead atoms. The van der Waals surface area contributed by atoms with E-state index >= 15 is 0 Å². The third kappa shape index (κ3) is 5.32. The molecule has 7 heteroatoms. The molecule has 1 fully saturated rings. The van der Waals surface area contributed by atoms with Crippen molar-refractivity contribution in [2.24, 2.45) is 0 Å². The fraction of sp³-hybridized carbons (Fsp3) is 0.467. The fourth-order valence-corrected chi connectivity index (χ4v) is 2.82. The first kappa shape index (κ1) is 16.8. The monoisotopic (exact) mass is 326 g/mol. The highest BCUT2D eigenvalue weighted by atomic mass is 32.2. The van der Waals surface area contributed by atoms with Crippen LogP contribution in [-0.4, -0.2) is 36.0 Å². The predicted molar refractivity (Wildman–Crippen MR) is 80.3 cm³/mol. The van der Waals surface area contributed by atoms with E-state index in [4.69, 9.17) is 18.9 Å². The zero-order chi connectivity index (χ0) is 15.9. The van der Waals surface area contributed by atoms with Crippen LogP contribution in [0.25, 0.3) is 0 Å². The predicted octanol–water partition coefficient (Wildman–Crippen LogP) is 2.11. The van der Waals surface area contributed by atoms with Gasteiger partial charge in [0.25, 0.3) is 0 Å². The van der Waals surface area contributed by atoms with E-state index in [1.165, 1.54) is 25.6 Å². The minimum Gasteiger partial charge on any atom is -0.435 e. The van der Waals surface area contributed by atoms with Crippen LogP contribution in [0.3, 0.4) is 0 Å². The smallest absolute Gasteiger partial charge is 0.308 e. The van der Waals surface area contributed by atoms with Gasteiger partial charge in [0.1, 0.15) is 11.2 Å². The van der Waals surface area contributed by atoms with E-state index in [1.807, 2.05) is 12.1 Å². The summed E-state index contributed by atoms with van der Waals surface area (Å²) in [5.74, 6) is 0.360. The molecule has 1 aliphatic rings. The number of rotatable bonds is 6. The van der Waals surface area contributed by atoms with Crippen LogP contribution in [0, 0.1) is 0 Å². The van der Waals surface area contributed by atoms with Gasteiger partial charge in [-0.05, 0) is 6.07 Å². The highest BCUT2D eigenvalue weighted by Gasteiger charge is 2.28. The molecule has 1 aromatic rings. The summed E-state index contributed by atoms with van der Waals surface area (Å²) in [6, 6.07) is 7.20. The van der Waals surface area contributed by atoms with Crippen molar-refractivity contribution in [3.05, 3.63) is 29.8 Å². The number of hydrogen-bond acceptors (Lipinski definition) is 7. The van der Waals surface area contributed by atoms with Gasteiger partial charge in [0.05, 0.1) is 19.0 Å².